The predicted molar refractivity (Wildman–Crippen MR) is 137 cm³/mol. The summed E-state index contributed by atoms with van der Waals surface area (Å²) in [6, 6.07) is 22.1. The summed E-state index contributed by atoms with van der Waals surface area (Å²) in [6.07, 6.45) is 2.90. The van der Waals surface area contributed by atoms with Crippen LogP contribution in [0.25, 0.3) is 21.5 Å². The van der Waals surface area contributed by atoms with Crippen LogP contribution in [0.3, 0.4) is 0 Å². The fraction of sp³-hybridized carbons (Fsp3) is 0.200. The van der Waals surface area contributed by atoms with Crippen LogP contribution in [0.5, 0.6) is 0 Å². The van der Waals surface area contributed by atoms with E-state index in [-0.39, 0.29) is 23.6 Å². The Balaban J connectivity index is 1.06. The molecule has 4 amide bonds. The predicted octanol–water partition coefficient (Wildman–Crippen LogP) is 5.45. The number of hydrogen-bond donors (Lipinski definition) is 0. The number of carbonyl (C=O) groups is 4. The van der Waals surface area contributed by atoms with Gasteiger partial charge in [-0.3, -0.25) is 29.0 Å². The lowest BCUT2D eigenvalue weighted by molar-refractivity contribution is 0.0586. The third-order valence-electron chi connectivity index (χ3n) is 7.23. The molecule has 0 saturated carbocycles. The molecule has 2 heterocycles. The zero-order valence-corrected chi connectivity index (χ0v) is 19.7. The Bertz CT molecular complexity index is 1370. The topological polar surface area (TPSA) is 74.8 Å². The number of carbonyl (C=O) groups excluding carboxylic acids is 4. The van der Waals surface area contributed by atoms with E-state index >= 15 is 0 Å². The van der Waals surface area contributed by atoms with Crippen LogP contribution < -0.4 is 0 Å². The van der Waals surface area contributed by atoms with E-state index in [9.17, 15) is 19.2 Å². The molecule has 0 fully saturated rings. The smallest absolute Gasteiger partial charge is 0.261 e. The van der Waals surface area contributed by atoms with E-state index in [1.165, 1.54) is 9.80 Å². The van der Waals surface area contributed by atoms with Gasteiger partial charge in [0, 0.05) is 46.1 Å². The first-order valence-electron chi connectivity index (χ1n) is 12.3. The quantitative estimate of drug-likeness (QED) is 0.263. The van der Waals surface area contributed by atoms with E-state index in [2.05, 4.69) is 0 Å². The van der Waals surface area contributed by atoms with Crippen LogP contribution in [0.1, 0.15) is 67.1 Å². The van der Waals surface area contributed by atoms with Gasteiger partial charge in [-0.1, -0.05) is 61.4 Å². The van der Waals surface area contributed by atoms with Crippen LogP contribution in [0.15, 0.2) is 72.8 Å². The van der Waals surface area contributed by atoms with Crippen molar-refractivity contribution in [2.24, 2.45) is 0 Å². The molecule has 0 aliphatic carbocycles. The van der Waals surface area contributed by atoms with Crippen molar-refractivity contribution in [3.8, 4) is 0 Å². The van der Waals surface area contributed by atoms with Gasteiger partial charge in [-0.2, -0.15) is 0 Å². The van der Waals surface area contributed by atoms with Crippen molar-refractivity contribution in [3.63, 3.8) is 0 Å². The molecular weight excluding hydrogens is 452 g/mol. The van der Waals surface area contributed by atoms with Crippen molar-refractivity contribution in [2.75, 3.05) is 13.1 Å². The highest BCUT2D eigenvalue weighted by atomic mass is 16.2. The van der Waals surface area contributed by atoms with E-state index in [1.807, 2.05) is 48.5 Å². The molecule has 4 aromatic carbocycles. The van der Waals surface area contributed by atoms with Crippen LogP contribution in [-0.4, -0.2) is 46.5 Å². The molecule has 2 aliphatic rings. The van der Waals surface area contributed by atoms with Crippen molar-refractivity contribution in [1.29, 1.82) is 0 Å². The van der Waals surface area contributed by atoms with E-state index in [1.54, 1.807) is 24.3 Å². The van der Waals surface area contributed by atoms with Crippen molar-refractivity contribution < 1.29 is 19.2 Å². The van der Waals surface area contributed by atoms with E-state index in [0.29, 0.717) is 48.2 Å². The van der Waals surface area contributed by atoms with Gasteiger partial charge in [0.05, 0.1) is 0 Å². The molecule has 0 saturated heterocycles. The monoisotopic (exact) mass is 476 g/mol. The Morgan fingerprint density at radius 3 is 1.03 bits per heavy atom. The molecule has 6 nitrogen and oxygen atoms in total. The lowest BCUT2D eigenvalue weighted by Crippen LogP contribution is -2.41. The minimum absolute atomic E-state index is 0.248. The van der Waals surface area contributed by atoms with Gasteiger partial charge in [0.1, 0.15) is 0 Å². The van der Waals surface area contributed by atoms with E-state index in [0.717, 1.165) is 34.4 Å². The first-order chi connectivity index (χ1) is 17.6. The molecule has 6 heteroatoms. The minimum atomic E-state index is -0.248. The normalized spacial score (nSPS) is 14.9. The lowest BCUT2D eigenvalue weighted by Gasteiger charge is -2.27. The number of nitrogens with zero attached hydrogens (tertiary/aromatic N) is 2. The van der Waals surface area contributed by atoms with Gasteiger partial charge in [-0.25, -0.2) is 0 Å². The summed E-state index contributed by atoms with van der Waals surface area (Å²) in [4.78, 5) is 54.7. The fourth-order valence-electron chi connectivity index (χ4n) is 5.46. The highest BCUT2D eigenvalue weighted by Crippen LogP contribution is 2.31. The minimum Gasteiger partial charge on any atom is -0.274 e. The summed E-state index contributed by atoms with van der Waals surface area (Å²) in [7, 11) is 0. The molecule has 0 N–H and O–H groups in total. The van der Waals surface area contributed by atoms with Crippen molar-refractivity contribution in [1.82, 2.24) is 9.80 Å². The zero-order valence-electron chi connectivity index (χ0n) is 19.7. The molecule has 6 rings (SSSR count). The average Bonchev–Trinajstić information content (AvgIpc) is 2.90. The summed E-state index contributed by atoms with van der Waals surface area (Å²) >= 11 is 0. The van der Waals surface area contributed by atoms with Crippen molar-refractivity contribution in [3.05, 3.63) is 95.1 Å². The number of benzene rings is 4. The third kappa shape index (κ3) is 3.40. The van der Waals surface area contributed by atoms with Gasteiger partial charge < -0.3 is 0 Å². The number of imide groups is 2. The molecule has 0 radical (unpaired) electrons. The number of unbranched alkanes of at least 4 members (excludes halogenated alkanes) is 3. The molecule has 2 aliphatic heterocycles. The SMILES string of the molecule is O=C1c2cccc3cccc(c23)C(=O)N1CCCCCCN1C(=O)c2cccc3cccc(c23)C1=O. The Labute approximate surface area is 208 Å². The largest absolute Gasteiger partial charge is 0.274 e. The van der Waals surface area contributed by atoms with Gasteiger partial charge in [0.25, 0.3) is 23.6 Å². The molecule has 0 unspecified atom stereocenters. The van der Waals surface area contributed by atoms with Gasteiger partial charge in [-0.15, -0.1) is 0 Å². The van der Waals surface area contributed by atoms with Crippen LogP contribution in [0, 0.1) is 0 Å². The van der Waals surface area contributed by atoms with Crippen molar-refractivity contribution >= 4 is 45.2 Å². The maximum atomic E-state index is 13.0. The number of hydrogen-bond acceptors (Lipinski definition) is 4. The Morgan fingerprint density at radius 1 is 0.417 bits per heavy atom. The fourth-order valence-corrected chi connectivity index (χ4v) is 5.46. The first kappa shape index (κ1) is 22.2. The van der Waals surface area contributed by atoms with E-state index < -0.39 is 0 Å². The second-order valence-corrected chi connectivity index (χ2v) is 9.36. The summed E-state index contributed by atoms with van der Waals surface area (Å²) < 4.78 is 0. The molecule has 0 aromatic heterocycles. The lowest BCUT2D eigenvalue weighted by atomic mass is 9.94. The van der Waals surface area contributed by atoms with Gasteiger partial charge in [0.2, 0.25) is 0 Å². The molecular formula is C30H24N2O4. The highest BCUT2D eigenvalue weighted by molar-refractivity contribution is 6.26. The number of amides is 4. The second-order valence-electron chi connectivity index (χ2n) is 9.36. The maximum absolute atomic E-state index is 13.0. The van der Waals surface area contributed by atoms with Crippen LogP contribution in [0.4, 0.5) is 0 Å². The molecule has 36 heavy (non-hydrogen) atoms. The highest BCUT2D eigenvalue weighted by Gasteiger charge is 2.33. The standard InChI is InChI=1S/C30H24N2O4/c33-27-21-13-5-9-19-10-6-14-22(25(19)21)28(34)31(27)17-3-1-2-4-18-32-29(35)23-15-7-11-20-12-8-16-24(26(20)23)30(32)36/h5-16H,1-4,17-18H2. The Hall–Kier alpha value is -4.32. The average molecular weight is 477 g/mol. The molecule has 0 spiro atoms. The second kappa shape index (κ2) is 8.72. The maximum Gasteiger partial charge on any atom is 0.261 e. The molecule has 4 aromatic rings. The summed E-state index contributed by atoms with van der Waals surface area (Å²) in [6.45, 7) is 0.693. The Morgan fingerprint density at radius 2 is 0.722 bits per heavy atom. The van der Waals surface area contributed by atoms with Crippen molar-refractivity contribution in [2.45, 2.75) is 25.7 Å². The van der Waals surface area contributed by atoms with Gasteiger partial charge >= 0.3 is 0 Å². The zero-order chi connectivity index (χ0) is 24.8. The first-order valence-corrected chi connectivity index (χ1v) is 12.3. The summed E-state index contributed by atoms with van der Waals surface area (Å²) in [5.41, 5.74) is 2.28. The Kier molecular flexibility index (Phi) is 5.37. The van der Waals surface area contributed by atoms with Gasteiger partial charge in [0.15, 0.2) is 0 Å². The molecule has 0 bridgehead atoms. The van der Waals surface area contributed by atoms with Crippen LogP contribution >= 0.6 is 0 Å². The number of rotatable bonds is 7. The molecule has 178 valence electrons. The van der Waals surface area contributed by atoms with Crippen LogP contribution in [-0.2, 0) is 0 Å². The third-order valence-corrected chi connectivity index (χ3v) is 7.23. The van der Waals surface area contributed by atoms with Crippen LogP contribution in [0.2, 0.25) is 0 Å². The van der Waals surface area contributed by atoms with E-state index in [4.69, 9.17) is 0 Å². The molecule has 0 atom stereocenters. The summed E-state index contributed by atoms with van der Waals surface area (Å²) in [5.74, 6) is -0.994. The van der Waals surface area contributed by atoms with Gasteiger partial charge in [-0.05, 0) is 47.9 Å². The summed E-state index contributed by atoms with van der Waals surface area (Å²) in [5, 5.41) is 3.26.